The number of carbonyl (C=O) groups is 1. The second-order valence-electron chi connectivity index (χ2n) is 7.48. The van der Waals surface area contributed by atoms with Crippen LogP contribution >= 0.6 is 0 Å². The summed E-state index contributed by atoms with van der Waals surface area (Å²) in [6.45, 7) is 0.963. The van der Waals surface area contributed by atoms with Crippen molar-refractivity contribution in [2.75, 3.05) is 41.7 Å². The number of nitrogens with zero attached hydrogens (tertiary/aromatic N) is 1. The third-order valence-electron chi connectivity index (χ3n) is 6.06. The second-order valence-corrected chi connectivity index (χ2v) is 7.48. The van der Waals surface area contributed by atoms with Crippen LogP contribution in [0.4, 0.5) is 0 Å². The number of hydrogen-bond donors (Lipinski definition) is 0. The van der Waals surface area contributed by atoms with E-state index in [0.29, 0.717) is 34.3 Å². The van der Waals surface area contributed by atoms with Gasteiger partial charge in [-0.3, -0.25) is 4.90 Å². The quantitative estimate of drug-likeness (QED) is 0.709. The van der Waals surface area contributed by atoms with E-state index in [4.69, 9.17) is 28.4 Å². The van der Waals surface area contributed by atoms with E-state index < -0.39 is 12.1 Å². The Kier molecular flexibility index (Phi) is 4.39. The van der Waals surface area contributed by atoms with E-state index in [-0.39, 0.29) is 12.8 Å². The Bertz CT molecular complexity index is 1030. The van der Waals surface area contributed by atoms with Crippen molar-refractivity contribution in [3.63, 3.8) is 0 Å². The molecule has 5 rings (SSSR count). The van der Waals surface area contributed by atoms with Gasteiger partial charge in [0.25, 0.3) is 0 Å². The molecule has 0 spiro atoms. The number of carbonyl (C=O) groups excluding carboxylic acids is 1. The largest absolute Gasteiger partial charge is 0.493 e. The van der Waals surface area contributed by atoms with Crippen LogP contribution in [0.2, 0.25) is 0 Å². The van der Waals surface area contributed by atoms with Gasteiger partial charge >= 0.3 is 5.97 Å². The maximum atomic E-state index is 12.9. The normalized spacial score (nSPS) is 21.7. The Morgan fingerprint density at radius 2 is 1.87 bits per heavy atom. The van der Waals surface area contributed by atoms with Crippen molar-refractivity contribution in [1.82, 2.24) is 4.90 Å². The van der Waals surface area contributed by atoms with Crippen LogP contribution in [-0.4, -0.2) is 52.6 Å². The number of benzene rings is 2. The molecule has 2 aromatic rings. The minimum Gasteiger partial charge on any atom is -0.493 e. The highest BCUT2D eigenvalue weighted by atomic mass is 16.7. The van der Waals surface area contributed by atoms with E-state index in [2.05, 4.69) is 4.90 Å². The zero-order valence-corrected chi connectivity index (χ0v) is 17.3. The lowest BCUT2D eigenvalue weighted by Gasteiger charge is -2.38. The lowest BCUT2D eigenvalue weighted by atomic mass is 9.85. The van der Waals surface area contributed by atoms with Crippen LogP contribution in [0.15, 0.2) is 18.2 Å². The fraction of sp³-hybridized carbons (Fsp3) is 0.409. The molecule has 0 fully saturated rings. The number of likely N-dealkylation sites (N-methyl/N-ethyl adjacent to an activating group) is 1. The number of cyclic esters (lactones) is 1. The summed E-state index contributed by atoms with van der Waals surface area (Å²) >= 11 is 0. The first kappa shape index (κ1) is 18.9. The van der Waals surface area contributed by atoms with E-state index in [1.807, 2.05) is 19.2 Å². The number of esters is 1. The highest BCUT2D eigenvalue weighted by Gasteiger charge is 2.46. The molecule has 0 saturated carbocycles. The van der Waals surface area contributed by atoms with Crippen LogP contribution < -0.4 is 23.7 Å². The number of methoxy groups -OCH3 is 3. The van der Waals surface area contributed by atoms with Crippen molar-refractivity contribution in [3.8, 4) is 28.7 Å². The molecule has 3 heterocycles. The van der Waals surface area contributed by atoms with Gasteiger partial charge in [-0.1, -0.05) is 6.07 Å². The Hall–Kier alpha value is -3.13. The van der Waals surface area contributed by atoms with Crippen molar-refractivity contribution >= 4 is 5.97 Å². The van der Waals surface area contributed by atoms with Crippen molar-refractivity contribution in [1.29, 1.82) is 0 Å². The third-order valence-corrected chi connectivity index (χ3v) is 6.06. The van der Waals surface area contributed by atoms with E-state index in [1.54, 1.807) is 20.3 Å². The van der Waals surface area contributed by atoms with E-state index >= 15 is 0 Å². The van der Waals surface area contributed by atoms with E-state index in [0.717, 1.165) is 29.7 Å². The SMILES string of the molecule is COc1ccc2c(c1OC)C(=O)O[C@@H]2C1c2c(cc3c(c2OC)OCO3)CCN1C. The van der Waals surface area contributed by atoms with Crippen LogP contribution in [0.25, 0.3) is 0 Å². The minimum absolute atomic E-state index is 0.160. The first-order chi connectivity index (χ1) is 14.6. The number of ether oxygens (including phenoxy) is 6. The van der Waals surface area contributed by atoms with Gasteiger partial charge in [-0.05, 0) is 31.2 Å². The molecule has 2 atom stereocenters. The standard InChI is InChI=1S/C22H23NO7/c1-23-8-7-11-9-14-20(29-10-28-14)21(27-4)15(11)17(23)18-12-5-6-13(25-2)19(26-3)16(12)22(24)30-18/h5-6,9,17-18H,7-8,10H2,1-4H3/t17?,18-/m0/s1. The number of rotatable bonds is 4. The lowest BCUT2D eigenvalue weighted by Crippen LogP contribution is -2.36. The molecular formula is C22H23NO7. The van der Waals surface area contributed by atoms with E-state index in [9.17, 15) is 4.79 Å². The molecule has 30 heavy (non-hydrogen) atoms. The molecule has 0 saturated heterocycles. The van der Waals surface area contributed by atoms with Crippen LogP contribution in [0.1, 0.15) is 39.2 Å². The van der Waals surface area contributed by atoms with Crippen LogP contribution in [0.5, 0.6) is 28.7 Å². The van der Waals surface area contributed by atoms with Crippen molar-refractivity contribution in [3.05, 3.63) is 40.5 Å². The molecule has 0 N–H and O–H groups in total. The molecule has 158 valence electrons. The Labute approximate surface area is 174 Å². The smallest absolute Gasteiger partial charge is 0.343 e. The molecule has 0 radical (unpaired) electrons. The second kappa shape index (κ2) is 6.98. The molecule has 3 aliphatic rings. The molecule has 0 aliphatic carbocycles. The van der Waals surface area contributed by atoms with Gasteiger partial charge in [0.1, 0.15) is 11.7 Å². The maximum absolute atomic E-state index is 12.9. The summed E-state index contributed by atoms with van der Waals surface area (Å²) < 4.78 is 33.8. The summed E-state index contributed by atoms with van der Waals surface area (Å²) in [7, 11) is 6.70. The first-order valence-electron chi connectivity index (χ1n) is 9.74. The highest BCUT2D eigenvalue weighted by molar-refractivity contribution is 5.98. The molecule has 0 bridgehead atoms. The molecule has 3 aliphatic heterocycles. The van der Waals surface area contributed by atoms with Gasteiger partial charge in [-0.25, -0.2) is 4.79 Å². The van der Waals surface area contributed by atoms with Crippen LogP contribution in [0, 0.1) is 0 Å². The Morgan fingerprint density at radius 3 is 2.60 bits per heavy atom. The summed E-state index contributed by atoms with van der Waals surface area (Å²) in [6, 6.07) is 5.43. The first-order valence-corrected chi connectivity index (χ1v) is 9.74. The number of hydrogen-bond acceptors (Lipinski definition) is 8. The third kappa shape index (κ3) is 2.53. The van der Waals surface area contributed by atoms with Gasteiger partial charge in [0.2, 0.25) is 12.5 Å². The fourth-order valence-corrected chi connectivity index (χ4v) is 4.71. The van der Waals surface area contributed by atoms with Gasteiger partial charge in [-0.2, -0.15) is 0 Å². The minimum atomic E-state index is -0.523. The molecule has 8 nitrogen and oxygen atoms in total. The molecule has 2 aromatic carbocycles. The summed E-state index contributed by atoms with van der Waals surface area (Å²) in [5.74, 6) is 2.36. The molecule has 0 amide bonds. The summed E-state index contributed by atoms with van der Waals surface area (Å²) in [4.78, 5) is 15.1. The average Bonchev–Trinajstić information content (AvgIpc) is 3.35. The zero-order valence-electron chi connectivity index (χ0n) is 17.3. The Balaban J connectivity index is 1.69. The monoisotopic (exact) mass is 413 g/mol. The average molecular weight is 413 g/mol. The fourth-order valence-electron chi connectivity index (χ4n) is 4.71. The summed E-state index contributed by atoms with van der Waals surface area (Å²) in [5, 5.41) is 0. The zero-order chi connectivity index (χ0) is 21.0. The maximum Gasteiger partial charge on any atom is 0.343 e. The van der Waals surface area contributed by atoms with Gasteiger partial charge in [0.05, 0.1) is 27.4 Å². The van der Waals surface area contributed by atoms with Crippen molar-refractivity contribution in [2.24, 2.45) is 0 Å². The van der Waals surface area contributed by atoms with Gasteiger partial charge < -0.3 is 28.4 Å². The van der Waals surface area contributed by atoms with Crippen molar-refractivity contribution < 1.29 is 33.2 Å². The summed E-state index contributed by atoms with van der Waals surface area (Å²) in [6.07, 6.45) is 0.306. The lowest BCUT2D eigenvalue weighted by molar-refractivity contribution is 0.00874. The predicted octanol–water partition coefficient (Wildman–Crippen LogP) is 2.88. The molecular weight excluding hydrogens is 390 g/mol. The summed E-state index contributed by atoms with van der Waals surface area (Å²) in [5.41, 5.74) is 3.23. The molecule has 0 aromatic heterocycles. The van der Waals surface area contributed by atoms with Crippen LogP contribution in [-0.2, 0) is 11.2 Å². The predicted molar refractivity (Wildman–Crippen MR) is 106 cm³/mol. The van der Waals surface area contributed by atoms with Crippen molar-refractivity contribution in [2.45, 2.75) is 18.6 Å². The number of fused-ring (bicyclic) bond motifs is 3. The van der Waals surface area contributed by atoms with E-state index in [1.165, 1.54) is 7.11 Å². The van der Waals surface area contributed by atoms with Gasteiger partial charge in [-0.15, -0.1) is 0 Å². The van der Waals surface area contributed by atoms with Gasteiger partial charge in [0.15, 0.2) is 23.0 Å². The van der Waals surface area contributed by atoms with Gasteiger partial charge in [0, 0.05) is 17.7 Å². The van der Waals surface area contributed by atoms with Crippen LogP contribution in [0.3, 0.4) is 0 Å². The Morgan fingerprint density at radius 1 is 1.07 bits per heavy atom. The highest BCUT2D eigenvalue weighted by Crippen LogP contribution is 2.55. The molecule has 8 heteroatoms. The molecule has 1 unspecified atom stereocenters. The topological polar surface area (TPSA) is 75.7 Å².